The van der Waals surface area contributed by atoms with Gasteiger partial charge in [-0.1, -0.05) is 121 Å². The molecule has 2 aromatic heterocycles. The van der Waals surface area contributed by atoms with Crippen molar-refractivity contribution in [1.29, 1.82) is 0 Å². The summed E-state index contributed by atoms with van der Waals surface area (Å²) in [6.45, 7) is 4.76. The van der Waals surface area contributed by atoms with Gasteiger partial charge in [0.05, 0.1) is 0 Å². The molecule has 0 fully saturated rings. The molecule has 2 heterocycles. The lowest BCUT2D eigenvalue weighted by Gasteiger charge is -2.02. The molecule has 0 amide bonds. The highest BCUT2D eigenvalue weighted by atomic mass is 31.1. The highest BCUT2D eigenvalue weighted by Crippen LogP contribution is 2.52. The van der Waals surface area contributed by atoms with E-state index in [0.717, 1.165) is 0 Å². The van der Waals surface area contributed by atoms with Crippen LogP contribution in [-0.4, -0.2) is 0 Å². The van der Waals surface area contributed by atoms with Crippen molar-refractivity contribution in [2.45, 2.75) is 0 Å². The molecule has 0 saturated heterocycles. The molecule has 0 atom stereocenters. The first-order chi connectivity index (χ1) is 17.7. The zero-order valence-corrected chi connectivity index (χ0v) is 22.2. The van der Waals surface area contributed by atoms with Gasteiger partial charge in [-0.25, -0.2) is 0 Å². The molecule has 0 unspecified atom stereocenters. The third kappa shape index (κ3) is 3.23. The number of rotatable bonds is 0. The molecular formula is C34H26P2. The topological polar surface area (TPSA) is 0 Å². The van der Waals surface area contributed by atoms with E-state index in [-0.39, 0.29) is 15.1 Å². The zero-order chi connectivity index (χ0) is 24.2. The Labute approximate surface area is 212 Å². The monoisotopic (exact) mass is 496 g/mol. The van der Waals surface area contributed by atoms with Gasteiger partial charge in [-0.3, -0.25) is 0 Å². The fourth-order valence-corrected chi connectivity index (χ4v) is 10.4. The Kier molecular flexibility index (Phi) is 5.14. The SMILES string of the molecule is Cp1c2c3ccccc3ccc2c2ccc3ccccc3c21.Cp1c2ccccc2c2ccccc21. The van der Waals surface area contributed by atoms with E-state index >= 15 is 0 Å². The third-order valence-corrected chi connectivity index (χ3v) is 12.1. The molecule has 172 valence electrons. The lowest BCUT2D eigenvalue weighted by Crippen LogP contribution is -1.73. The number of hydrogen-bond donors (Lipinski definition) is 0. The normalized spacial score (nSPS) is 11.6. The fraction of sp³-hybridized carbons (Fsp3) is 0.0588. The van der Waals surface area contributed by atoms with Crippen LogP contribution in [-0.2, 0) is 13.3 Å². The number of fused-ring (bicyclic) bond motifs is 10. The van der Waals surface area contributed by atoms with Gasteiger partial charge in [-0.2, -0.15) is 0 Å². The maximum atomic E-state index is 2.42. The first-order valence-corrected chi connectivity index (χ1v) is 16.0. The Morgan fingerprint density at radius 3 is 1.19 bits per heavy atom. The Balaban J connectivity index is 0.000000136. The van der Waals surface area contributed by atoms with E-state index in [9.17, 15) is 0 Å². The zero-order valence-electron chi connectivity index (χ0n) is 20.4. The summed E-state index contributed by atoms with van der Waals surface area (Å²) in [5.74, 6) is 0. The van der Waals surface area contributed by atoms with Crippen LogP contribution in [0.15, 0.2) is 121 Å². The Morgan fingerprint density at radius 1 is 0.333 bits per heavy atom. The van der Waals surface area contributed by atoms with Crippen LogP contribution in [0.1, 0.15) is 0 Å². The number of hydrogen-bond acceptors (Lipinski definition) is 0. The molecule has 0 aliphatic carbocycles. The van der Waals surface area contributed by atoms with Gasteiger partial charge in [-0.05, 0) is 56.4 Å². The van der Waals surface area contributed by atoms with Crippen molar-refractivity contribution < 1.29 is 0 Å². The second kappa shape index (κ2) is 8.53. The summed E-state index contributed by atoms with van der Waals surface area (Å²) in [6, 6.07) is 44.3. The van der Waals surface area contributed by atoms with E-state index in [1.165, 1.54) is 53.3 Å². The maximum absolute atomic E-state index is 2.42. The summed E-state index contributed by atoms with van der Waals surface area (Å²) in [7, 11) is -0.393. The van der Waals surface area contributed by atoms with Crippen molar-refractivity contribution in [2.24, 2.45) is 13.3 Å². The summed E-state index contributed by atoms with van der Waals surface area (Å²) in [5.41, 5.74) is 0. The minimum Gasteiger partial charge on any atom is -0.112 e. The van der Waals surface area contributed by atoms with Gasteiger partial charge < -0.3 is 0 Å². The average molecular weight is 497 g/mol. The molecule has 0 N–H and O–H groups in total. The van der Waals surface area contributed by atoms with Gasteiger partial charge in [0, 0.05) is 20.5 Å². The van der Waals surface area contributed by atoms with E-state index in [0.29, 0.717) is 0 Å². The summed E-state index contributed by atoms with van der Waals surface area (Å²) < 4.78 is 0. The molecule has 0 bridgehead atoms. The van der Waals surface area contributed by atoms with Crippen LogP contribution >= 0.6 is 15.1 Å². The molecular weight excluding hydrogens is 470 g/mol. The molecule has 2 heteroatoms. The van der Waals surface area contributed by atoms with E-state index < -0.39 is 0 Å². The van der Waals surface area contributed by atoms with Crippen molar-refractivity contribution in [3.63, 3.8) is 0 Å². The van der Waals surface area contributed by atoms with E-state index in [4.69, 9.17) is 0 Å². The van der Waals surface area contributed by atoms with Gasteiger partial charge in [0.1, 0.15) is 0 Å². The smallest absolute Gasteiger partial charge is 0.00996 e. The molecule has 0 nitrogen and oxygen atoms in total. The van der Waals surface area contributed by atoms with Crippen LogP contribution in [0, 0.1) is 0 Å². The fourth-order valence-electron chi connectivity index (χ4n) is 5.90. The molecule has 8 rings (SSSR count). The van der Waals surface area contributed by atoms with Gasteiger partial charge >= 0.3 is 0 Å². The van der Waals surface area contributed by atoms with E-state index in [1.807, 2.05) is 0 Å². The molecule has 0 radical (unpaired) electrons. The molecule has 0 aliphatic rings. The van der Waals surface area contributed by atoms with Crippen LogP contribution in [0.5, 0.6) is 0 Å². The standard InChI is InChI=1S/C21H15P.C13H11P/c1-22-20-16-8-4-2-6-14(16)10-12-18(20)19-13-11-15-7-3-5-9-17(15)21(19)22;1-14-12-8-4-2-6-10(12)11-7-3-5-9-13(11)14/h2-13H,1H3;2-9H,1H3. The quantitative estimate of drug-likeness (QED) is 0.196. The van der Waals surface area contributed by atoms with Crippen LogP contribution < -0.4 is 0 Å². The number of aryl methyl sites for hydroxylation is 2. The van der Waals surface area contributed by atoms with Crippen molar-refractivity contribution in [2.75, 3.05) is 0 Å². The van der Waals surface area contributed by atoms with Gasteiger partial charge in [-0.15, -0.1) is 15.1 Å². The Morgan fingerprint density at radius 2 is 0.722 bits per heavy atom. The van der Waals surface area contributed by atoms with Gasteiger partial charge in [0.15, 0.2) is 0 Å². The first kappa shape index (κ1) is 21.7. The van der Waals surface area contributed by atoms with Gasteiger partial charge in [0.25, 0.3) is 0 Å². The molecule has 36 heavy (non-hydrogen) atoms. The average Bonchev–Trinajstić information content (AvgIpc) is 3.41. The van der Waals surface area contributed by atoms with Gasteiger partial charge in [0.2, 0.25) is 0 Å². The predicted molar refractivity (Wildman–Crippen MR) is 165 cm³/mol. The van der Waals surface area contributed by atoms with Crippen LogP contribution in [0.2, 0.25) is 0 Å². The third-order valence-electron chi connectivity index (χ3n) is 7.58. The van der Waals surface area contributed by atoms with Crippen LogP contribution in [0.3, 0.4) is 0 Å². The van der Waals surface area contributed by atoms with Crippen LogP contribution in [0.4, 0.5) is 0 Å². The highest BCUT2D eigenvalue weighted by Gasteiger charge is 2.13. The lowest BCUT2D eigenvalue weighted by molar-refractivity contribution is 1.81. The summed E-state index contributed by atoms with van der Waals surface area (Å²) >= 11 is 0. The maximum Gasteiger partial charge on any atom is 0.00996 e. The minimum atomic E-state index is -0.296. The molecule has 6 aromatic carbocycles. The summed E-state index contributed by atoms with van der Waals surface area (Å²) in [5, 5.41) is 17.5. The first-order valence-electron chi connectivity index (χ1n) is 12.4. The van der Waals surface area contributed by atoms with Crippen molar-refractivity contribution in [3.05, 3.63) is 121 Å². The second-order valence-corrected chi connectivity index (χ2v) is 13.6. The molecule has 0 aliphatic heterocycles. The molecule has 0 spiro atoms. The highest BCUT2D eigenvalue weighted by molar-refractivity contribution is 7.60. The van der Waals surface area contributed by atoms with Crippen molar-refractivity contribution in [3.8, 4) is 0 Å². The lowest BCUT2D eigenvalue weighted by atomic mass is 10.0. The van der Waals surface area contributed by atoms with E-state index in [2.05, 4.69) is 135 Å². The molecule has 0 saturated carbocycles. The largest absolute Gasteiger partial charge is 0.112 e. The minimum absolute atomic E-state index is 0.0967. The number of benzene rings is 6. The summed E-state index contributed by atoms with van der Waals surface area (Å²) in [4.78, 5) is 0. The molecule has 8 aromatic rings. The Bertz CT molecular complexity index is 1920. The Hall–Kier alpha value is -3.56. The van der Waals surface area contributed by atoms with E-state index in [1.54, 1.807) is 10.2 Å². The predicted octanol–water partition coefficient (Wildman–Crippen LogP) is 11.3. The van der Waals surface area contributed by atoms with Crippen molar-refractivity contribution >= 4 is 78.6 Å². The van der Waals surface area contributed by atoms with Crippen LogP contribution in [0.25, 0.3) is 63.6 Å². The van der Waals surface area contributed by atoms with Crippen molar-refractivity contribution in [1.82, 2.24) is 0 Å². The summed E-state index contributed by atoms with van der Waals surface area (Å²) in [6.07, 6.45) is 0. The second-order valence-electron chi connectivity index (χ2n) is 9.52.